The van der Waals surface area contributed by atoms with Crippen molar-refractivity contribution < 1.29 is 9.18 Å². The molecule has 5 nitrogen and oxygen atoms in total. The third-order valence-electron chi connectivity index (χ3n) is 2.96. The van der Waals surface area contributed by atoms with E-state index in [2.05, 4.69) is 10.1 Å². The number of carbonyl (C=O) groups is 1. The topological polar surface area (TPSA) is 50.5 Å². The zero-order chi connectivity index (χ0) is 13.2. The zero-order valence-electron chi connectivity index (χ0n) is 9.98. The van der Waals surface area contributed by atoms with Crippen LogP contribution in [-0.2, 0) is 0 Å². The normalized spacial score (nSPS) is 17.9. The summed E-state index contributed by atoms with van der Waals surface area (Å²) in [5.41, 5.74) is 0.637. The Labute approximate surface area is 109 Å². The fourth-order valence-corrected chi connectivity index (χ4v) is 2.07. The molecule has 0 saturated carbocycles. The number of aromatic nitrogens is 2. The first-order chi connectivity index (χ1) is 9.25. The Morgan fingerprint density at radius 1 is 1.32 bits per heavy atom. The molecule has 2 aromatic heterocycles. The average molecular weight is 258 g/mol. The van der Waals surface area contributed by atoms with Crippen LogP contribution in [0.1, 0.15) is 18.0 Å². The Morgan fingerprint density at radius 3 is 2.84 bits per heavy atom. The van der Waals surface area contributed by atoms with E-state index in [-0.39, 0.29) is 12.1 Å². The van der Waals surface area contributed by atoms with Crippen LogP contribution in [0, 0.1) is 5.82 Å². The van der Waals surface area contributed by atoms with Crippen LogP contribution in [0.15, 0.2) is 48.1 Å². The van der Waals surface area contributed by atoms with Gasteiger partial charge < -0.3 is 0 Å². The van der Waals surface area contributed by atoms with Gasteiger partial charge in [0.1, 0.15) is 5.82 Å². The molecular formula is C13H11FN4O. The van der Waals surface area contributed by atoms with Crippen molar-refractivity contribution >= 4 is 12.2 Å². The van der Waals surface area contributed by atoms with E-state index in [4.69, 9.17) is 0 Å². The Bertz CT molecular complexity index is 623. The molecule has 19 heavy (non-hydrogen) atoms. The minimum atomic E-state index is -0.419. The molecule has 96 valence electrons. The van der Waals surface area contributed by atoms with Crippen molar-refractivity contribution in [3.63, 3.8) is 0 Å². The first kappa shape index (κ1) is 11.6. The van der Waals surface area contributed by atoms with E-state index in [1.165, 1.54) is 15.6 Å². The van der Waals surface area contributed by atoms with Crippen molar-refractivity contribution in [1.82, 2.24) is 14.6 Å². The van der Waals surface area contributed by atoms with Crippen LogP contribution >= 0.6 is 0 Å². The summed E-state index contributed by atoms with van der Waals surface area (Å²) in [5.74, 6) is -0.419. The molecule has 6 heteroatoms. The lowest BCUT2D eigenvalue weighted by atomic mass is 10.1. The SMILES string of the molecule is O=C(N1N=CC[C@H]1c1cncc(F)c1)n1cccc1. The molecule has 0 fully saturated rings. The smallest absolute Gasteiger partial charge is 0.275 e. The molecule has 1 aliphatic rings. The average Bonchev–Trinajstić information content (AvgIpc) is 3.09. The maximum atomic E-state index is 13.2. The Kier molecular flexibility index (Phi) is 2.83. The van der Waals surface area contributed by atoms with Gasteiger partial charge in [0.2, 0.25) is 0 Å². The van der Waals surface area contributed by atoms with E-state index in [9.17, 15) is 9.18 Å². The van der Waals surface area contributed by atoms with Gasteiger partial charge in [-0.05, 0) is 23.8 Å². The predicted octanol–water partition coefficient (Wildman–Crippen LogP) is 2.42. The Balaban J connectivity index is 1.89. The van der Waals surface area contributed by atoms with E-state index >= 15 is 0 Å². The second-order valence-corrected chi connectivity index (χ2v) is 4.20. The van der Waals surface area contributed by atoms with E-state index in [0.717, 1.165) is 6.20 Å². The van der Waals surface area contributed by atoms with Crippen molar-refractivity contribution in [3.05, 3.63) is 54.4 Å². The number of amides is 1. The minimum absolute atomic E-state index is 0.270. The first-order valence-corrected chi connectivity index (χ1v) is 5.85. The monoisotopic (exact) mass is 258 g/mol. The fourth-order valence-electron chi connectivity index (χ4n) is 2.07. The highest BCUT2D eigenvalue weighted by atomic mass is 19.1. The van der Waals surface area contributed by atoms with Gasteiger partial charge in [-0.2, -0.15) is 5.10 Å². The van der Waals surface area contributed by atoms with Gasteiger partial charge in [0.05, 0.1) is 12.2 Å². The van der Waals surface area contributed by atoms with Gasteiger partial charge in [0.25, 0.3) is 0 Å². The van der Waals surface area contributed by atoms with Crippen LogP contribution in [-0.4, -0.2) is 26.8 Å². The molecule has 3 rings (SSSR count). The third kappa shape index (κ3) is 2.12. The molecule has 0 N–H and O–H groups in total. The second kappa shape index (κ2) is 4.64. The second-order valence-electron chi connectivity index (χ2n) is 4.20. The van der Waals surface area contributed by atoms with Crippen LogP contribution in [0.25, 0.3) is 0 Å². The van der Waals surface area contributed by atoms with E-state index in [1.54, 1.807) is 36.9 Å². The molecule has 0 aromatic carbocycles. The van der Waals surface area contributed by atoms with E-state index < -0.39 is 5.82 Å². The highest BCUT2D eigenvalue weighted by molar-refractivity contribution is 5.80. The number of carbonyl (C=O) groups excluding carboxylic acids is 1. The molecule has 3 heterocycles. The van der Waals surface area contributed by atoms with Gasteiger partial charge >= 0.3 is 6.03 Å². The Morgan fingerprint density at radius 2 is 2.11 bits per heavy atom. The quantitative estimate of drug-likeness (QED) is 0.788. The molecule has 0 unspecified atom stereocenters. The standard InChI is InChI=1S/C13H11FN4O/c14-11-7-10(8-15-9-11)12-3-4-16-18(12)13(19)17-5-1-2-6-17/h1-2,4-9,12H,3H2/t12-/m0/s1. The summed E-state index contributed by atoms with van der Waals surface area (Å²) in [7, 11) is 0. The number of pyridine rings is 1. The molecule has 0 bridgehead atoms. The van der Waals surface area contributed by atoms with Crippen LogP contribution < -0.4 is 0 Å². The number of halogens is 1. The van der Waals surface area contributed by atoms with Gasteiger partial charge in [0, 0.05) is 31.2 Å². The van der Waals surface area contributed by atoms with Crippen LogP contribution in [0.4, 0.5) is 9.18 Å². The lowest BCUT2D eigenvalue weighted by Crippen LogP contribution is -2.30. The van der Waals surface area contributed by atoms with Crippen molar-refractivity contribution in [2.24, 2.45) is 5.10 Å². The molecular weight excluding hydrogens is 247 g/mol. The number of nitrogens with zero attached hydrogens (tertiary/aromatic N) is 4. The van der Waals surface area contributed by atoms with Crippen molar-refractivity contribution in [2.75, 3.05) is 0 Å². The molecule has 2 aromatic rings. The summed E-state index contributed by atoms with van der Waals surface area (Å²) in [5, 5.41) is 5.41. The first-order valence-electron chi connectivity index (χ1n) is 5.85. The summed E-state index contributed by atoms with van der Waals surface area (Å²) < 4.78 is 14.6. The lowest BCUT2D eigenvalue weighted by molar-refractivity contribution is 0.188. The van der Waals surface area contributed by atoms with Crippen molar-refractivity contribution in [3.8, 4) is 0 Å². The summed E-state index contributed by atoms with van der Waals surface area (Å²) in [4.78, 5) is 16.0. The van der Waals surface area contributed by atoms with Crippen molar-refractivity contribution in [2.45, 2.75) is 12.5 Å². The number of rotatable bonds is 1. The highest BCUT2D eigenvalue weighted by Gasteiger charge is 2.29. The van der Waals surface area contributed by atoms with Crippen molar-refractivity contribution in [1.29, 1.82) is 0 Å². The van der Waals surface area contributed by atoms with Gasteiger partial charge in [-0.15, -0.1) is 0 Å². The fraction of sp³-hybridized carbons (Fsp3) is 0.154. The summed E-state index contributed by atoms with van der Waals surface area (Å²) >= 11 is 0. The van der Waals surface area contributed by atoms with Gasteiger partial charge in [-0.1, -0.05) is 0 Å². The number of hydrogen-bond donors (Lipinski definition) is 0. The maximum absolute atomic E-state index is 13.2. The largest absolute Gasteiger partial charge is 0.349 e. The molecule has 1 atom stereocenters. The van der Waals surface area contributed by atoms with Crippen LogP contribution in [0.2, 0.25) is 0 Å². The van der Waals surface area contributed by atoms with Gasteiger partial charge in [-0.3, -0.25) is 9.55 Å². The summed E-state index contributed by atoms with van der Waals surface area (Å²) in [6.07, 6.45) is 8.19. The van der Waals surface area contributed by atoms with E-state index in [1.807, 2.05) is 0 Å². The summed E-state index contributed by atoms with van der Waals surface area (Å²) in [6, 6.07) is 4.32. The number of hydrazone groups is 1. The van der Waals surface area contributed by atoms with Crippen LogP contribution in [0.5, 0.6) is 0 Å². The molecule has 1 aliphatic heterocycles. The summed E-state index contributed by atoms with van der Waals surface area (Å²) in [6.45, 7) is 0. The molecule has 0 radical (unpaired) electrons. The molecule has 1 amide bonds. The lowest BCUT2D eigenvalue weighted by Gasteiger charge is -2.21. The van der Waals surface area contributed by atoms with Crippen LogP contribution in [0.3, 0.4) is 0 Å². The molecule has 0 saturated heterocycles. The molecule has 0 spiro atoms. The Hall–Kier alpha value is -2.50. The maximum Gasteiger partial charge on any atom is 0.349 e. The highest BCUT2D eigenvalue weighted by Crippen LogP contribution is 2.28. The van der Waals surface area contributed by atoms with Gasteiger partial charge in [0.15, 0.2) is 0 Å². The number of hydrogen-bond acceptors (Lipinski definition) is 3. The predicted molar refractivity (Wildman–Crippen MR) is 67.1 cm³/mol. The third-order valence-corrected chi connectivity index (χ3v) is 2.96. The molecule has 0 aliphatic carbocycles. The zero-order valence-corrected chi connectivity index (χ0v) is 9.98. The minimum Gasteiger partial charge on any atom is -0.275 e. The van der Waals surface area contributed by atoms with Gasteiger partial charge in [-0.25, -0.2) is 14.2 Å². The van der Waals surface area contributed by atoms with E-state index in [0.29, 0.717) is 12.0 Å².